The van der Waals surface area contributed by atoms with E-state index < -0.39 is 0 Å². The zero-order valence-corrected chi connectivity index (χ0v) is 11.6. The van der Waals surface area contributed by atoms with Gasteiger partial charge in [-0.1, -0.05) is 26.0 Å². The minimum Gasteiger partial charge on any atom is -0.496 e. The van der Waals surface area contributed by atoms with Gasteiger partial charge in [0.1, 0.15) is 11.6 Å². The molecule has 0 aliphatic carbocycles. The Morgan fingerprint density at radius 1 is 1.21 bits per heavy atom. The van der Waals surface area contributed by atoms with Crippen LogP contribution in [0.15, 0.2) is 36.5 Å². The number of hydrogen-bond donors (Lipinski definition) is 1. The number of para-hydroxylation sites is 1. The van der Waals surface area contributed by atoms with Gasteiger partial charge in [-0.3, -0.25) is 0 Å². The van der Waals surface area contributed by atoms with Gasteiger partial charge in [0.15, 0.2) is 0 Å². The average Bonchev–Trinajstić information content (AvgIpc) is 2.47. The van der Waals surface area contributed by atoms with E-state index in [1.54, 1.807) is 13.3 Å². The maximum absolute atomic E-state index is 5.78. The molecule has 0 aliphatic rings. The molecule has 0 saturated carbocycles. The van der Waals surface area contributed by atoms with E-state index in [0.717, 1.165) is 22.8 Å². The second-order valence-electron chi connectivity index (χ2n) is 5.05. The van der Waals surface area contributed by atoms with Crippen molar-refractivity contribution >= 4 is 0 Å². The molecule has 4 heteroatoms. The molecule has 0 spiro atoms. The van der Waals surface area contributed by atoms with Crippen LogP contribution in [-0.4, -0.2) is 23.6 Å². The van der Waals surface area contributed by atoms with Gasteiger partial charge in [-0.2, -0.15) is 0 Å². The first-order valence-corrected chi connectivity index (χ1v) is 6.25. The van der Waals surface area contributed by atoms with Crippen molar-refractivity contribution < 1.29 is 4.74 Å². The minimum atomic E-state index is -0.238. The molecule has 100 valence electrons. The van der Waals surface area contributed by atoms with Crippen LogP contribution in [-0.2, 0) is 5.41 Å². The van der Waals surface area contributed by atoms with E-state index in [0.29, 0.717) is 6.54 Å². The summed E-state index contributed by atoms with van der Waals surface area (Å²) in [7, 11) is 1.66. The van der Waals surface area contributed by atoms with Crippen molar-refractivity contribution in [3.8, 4) is 17.0 Å². The van der Waals surface area contributed by atoms with Crippen LogP contribution in [0, 0.1) is 0 Å². The topological polar surface area (TPSA) is 61.0 Å². The van der Waals surface area contributed by atoms with Crippen molar-refractivity contribution in [2.75, 3.05) is 13.7 Å². The van der Waals surface area contributed by atoms with Gasteiger partial charge in [-0.15, -0.1) is 0 Å². The third-order valence-corrected chi connectivity index (χ3v) is 3.15. The van der Waals surface area contributed by atoms with Gasteiger partial charge in [0.05, 0.1) is 12.8 Å². The standard InChI is InChI=1S/C15H19N3O/c1-15(2,10-16)14-17-9-8-12(18-14)11-6-4-5-7-13(11)19-3/h4-9H,10,16H2,1-3H3. The molecule has 0 aliphatic heterocycles. The lowest BCUT2D eigenvalue weighted by Gasteiger charge is -2.21. The molecule has 0 saturated heterocycles. The Morgan fingerprint density at radius 3 is 2.63 bits per heavy atom. The molecular formula is C15H19N3O. The molecular weight excluding hydrogens is 238 g/mol. The van der Waals surface area contributed by atoms with Crippen LogP contribution >= 0.6 is 0 Å². The number of aromatic nitrogens is 2. The molecule has 2 rings (SSSR count). The van der Waals surface area contributed by atoms with Crippen molar-refractivity contribution in [2.24, 2.45) is 5.73 Å². The number of rotatable bonds is 4. The van der Waals surface area contributed by atoms with E-state index >= 15 is 0 Å². The minimum absolute atomic E-state index is 0.238. The van der Waals surface area contributed by atoms with Crippen molar-refractivity contribution in [3.05, 3.63) is 42.4 Å². The smallest absolute Gasteiger partial charge is 0.135 e. The monoisotopic (exact) mass is 257 g/mol. The first kappa shape index (κ1) is 13.5. The van der Waals surface area contributed by atoms with Gasteiger partial charge < -0.3 is 10.5 Å². The summed E-state index contributed by atoms with van der Waals surface area (Å²) in [6.07, 6.45) is 1.77. The summed E-state index contributed by atoms with van der Waals surface area (Å²) in [5, 5.41) is 0. The molecule has 19 heavy (non-hydrogen) atoms. The fourth-order valence-electron chi connectivity index (χ4n) is 1.78. The number of hydrogen-bond acceptors (Lipinski definition) is 4. The molecule has 4 nitrogen and oxygen atoms in total. The van der Waals surface area contributed by atoms with Gasteiger partial charge in [-0.25, -0.2) is 9.97 Å². The lowest BCUT2D eigenvalue weighted by molar-refractivity contribution is 0.416. The zero-order chi connectivity index (χ0) is 13.9. The molecule has 1 heterocycles. The maximum atomic E-state index is 5.78. The lowest BCUT2D eigenvalue weighted by atomic mass is 9.92. The highest BCUT2D eigenvalue weighted by Gasteiger charge is 2.22. The molecule has 0 amide bonds. The van der Waals surface area contributed by atoms with Crippen molar-refractivity contribution in [2.45, 2.75) is 19.3 Å². The highest BCUT2D eigenvalue weighted by Crippen LogP contribution is 2.29. The first-order chi connectivity index (χ1) is 9.08. The Kier molecular flexibility index (Phi) is 3.81. The van der Waals surface area contributed by atoms with Gasteiger partial charge in [0, 0.05) is 23.7 Å². The third-order valence-electron chi connectivity index (χ3n) is 3.15. The molecule has 1 aromatic carbocycles. The van der Waals surface area contributed by atoms with Crippen LogP contribution in [0.2, 0.25) is 0 Å². The van der Waals surface area contributed by atoms with E-state index in [9.17, 15) is 0 Å². The number of nitrogens with two attached hydrogens (primary N) is 1. The molecule has 0 radical (unpaired) electrons. The van der Waals surface area contributed by atoms with E-state index in [-0.39, 0.29) is 5.41 Å². The van der Waals surface area contributed by atoms with E-state index in [1.165, 1.54) is 0 Å². The SMILES string of the molecule is COc1ccccc1-c1ccnc(C(C)(C)CN)n1. The second-order valence-corrected chi connectivity index (χ2v) is 5.05. The van der Waals surface area contributed by atoms with Gasteiger partial charge >= 0.3 is 0 Å². The molecule has 0 bridgehead atoms. The van der Waals surface area contributed by atoms with Gasteiger partial charge in [0.25, 0.3) is 0 Å². The van der Waals surface area contributed by atoms with Crippen LogP contribution in [0.3, 0.4) is 0 Å². The Labute approximate surface area is 113 Å². The van der Waals surface area contributed by atoms with Crippen LogP contribution < -0.4 is 10.5 Å². The molecule has 0 fully saturated rings. The van der Waals surface area contributed by atoms with Crippen molar-refractivity contribution in [1.29, 1.82) is 0 Å². The highest BCUT2D eigenvalue weighted by atomic mass is 16.5. The number of ether oxygens (including phenoxy) is 1. The lowest BCUT2D eigenvalue weighted by Crippen LogP contribution is -2.30. The molecule has 2 aromatic rings. The van der Waals surface area contributed by atoms with E-state index in [2.05, 4.69) is 9.97 Å². The Hall–Kier alpha value is -1.94. The largest absolute Gasteiger partial charge is 0.496 e. The molecule has 2 N–H and O–H groups in total. The number of benzene rings is 1. The number of methoxy groups -OCH3 is 1. The summed E-state index contributed by atoms with van der Waals surface area (Å²) in [5.74, 6) is 1.55. The first-order valence-electron chi connectivity index (χ1n) is 6.25. The summed E-state index contributed by atoms with van der Waals surface area (Å²) in [4.78, 5) is 8.95. The predicted molar refractivity (Wildman–Crippen MR) is 76.1 cm³/mol. The molecule has 0 atom stereocenters. The van der Waals surface area contributed by atoms with Crippen LogP contribution in [0.5, 0.6) is 5.75 Å². The zero-order valence-electron chi connectivity index (χ0n) is 11.6. The van der Waals surface area contributed by atoms with Gasteiger partial charge in [-0.05, 0) is 18.2 Å². The van der Waals surface area contributed by atoms with Gasteiger partial charge in [0.2, 0.25) is 0 Å². The molecule has 0 unspecified atom stereocenters. The Bertz CT molecular complexity index is 567. The normalized spacial score (nSPS) is 11.4. The predicted octanol–water partition coefficient (Wildman–Crippen LogP) is 2.39. The molecule has 1 aromatic heterocycles. The average molecular weight is 257 g/mol. The van der Waals surface area contributed by atoms with Crippen molar-refractivity contribution in [3.63, 3.8) is 0 Å². The van der Waals surface area contributed by atoms with E-state index in [1.807, 2.05) is 44.2 Å². The quantitative estimate of drug-likeness (QED) is 0.913. The summed E-state index contributed by atoms with van der Waals surface area (Å²) >= 11 is 0. The van der Waals surface area contributed by atoms with Crippen LogP contribution in [0.4, 0.5) is 0 Å². The summed E-state index contributed by atoms with van der Waals surface area (Å²) in [6, 6.07) is 9.70. The second kappa shape index (κ2) is 5.36. The van der Waals surface area contributed by atoms with Crippen LogP contribution in [0.1, 0.15) is 19.7 Å². The summed E-state index contributed by atoms with van der Waals surface area (Å²) in [5.41, 5.74) is 7.35. The van der Waals surface area contributed by atoms with E-state index in [4.69, 9.17) is 10.5 Å². The van der Waals surface area contributed by atoms with Crippen LogP contribution in [0.25, 0.3) is 11.3 Å². The fraction of sp³-hybridized carbons (Fsp3) is 0.333. The summed E-state index contributed by atoms with van der Waals surface area (Å²) in [6.45, 7) is 4.57. The number of nitrogens with zero attached hydrogens (tertiary/aromatic N) is 2. The Morgan fingerprint density at radius 2 is 1.95 bits per heavy atom. The van der Waals surface area contributed by atoms with Crippen molar-refractivity contribution in [1.82, 2.24) is 9.97 Å². The third kappa shape index (κ3) is 2.74. The highest BCUT2D eigenvalue weighted by molar-refractivity contribution is 5.66. The fourth-order valence-corrected chi connectivity index (χ4v) is 1.78. The maximum Gasteiger partial charge on any atom is 0.135 e. The Balaban J connectivity index is 2.49. The summed E-state index contributed by atoms with van der Waals surface area (Å²) < 4.78 is 5.37.